The molecule has 3 aromatic carbocycles. The standard InChI is InChI=1S/C38H41F5N4O9S/c1-7-56-37(38(41,42)43)19-30(47(22-37)29-13-12-28(39)34(40)35(29)55-6)36(48)45-25-14-15-44-33(16-25)57(49,50)46(20-23-8-10-26(51-2)17-31(23)53-4)21-24-9-11-27(52-3)18-32(24)54-5/h8-18,30H,7,19-22H2,1-6H3,(H,44,45,48). The lowest BCUT2D eigenvalue weighted by molar-refractivity contribution is -0.268. The summed E-state index contributed by atoms with van der Waals surface area (Å²) in [6, 6.07) is 12.0. The van der Waals surface area contributed by atoms with Crippen LogP contribution in [0.4, 0.5) is 33.3 Å². The van der Waals surface area contributed by atoms with Gasteiger partial charge in [0.1, 0.15) is 29.0 Å². The average molecular weight is 825 g/mol. The van der Waals surface area contributed by atoms with Crippen molar-refractivity contribution in [1.82, 2.24) is 9.29 Å². The number of amides is 1. The van der Waals surface area contributed by atoms with Gasteiger partial charge in [0, 0.05) is 67.3 Å². The molecule has 2 atom stereocenters. The summed E-state index contributed by atoms with van der Waals surface area (Å²) in [4.78, 5) is 19.0. The van der Waals surface area contributed by atoms with Crippen LogP contribution in [0.2, 0.25) is 0 Å². The molecule has 308 valence electrons. The Morgan fingerprint density at radius 2 is 1.47 bits per heavy atom. The highest BCUT2D eigenvalue weighted by Crippen LogP contribution is 2.47. The molecule has 0 bridgehead atoms. The van der Waals surface area contributed by atoms with Crippen molar-refractivity contribution < 1.29 is 63.6 Å². The van der Waals surface area contributed by atoms with Crippen LogP contribution in [-0.2, 0) is 32.6 Å². The van der Waals surface area contributed by atoms with Crippen LogP contribution < -0.4 is 33.9 Å². The number of anilines is 2. The van der Waals surface area contributed by atoms with Gasteiger partial charge in [0.15, 0.2) is 22.2 Å². The molecule has 0 radical (unpaired) electrons. The Morgan fingerprint density at radius 3 is 1.98 bits per heavy atom. The van der Waals surface area contributed by atoms with Crippen molar-refractivity contribution in [3.63, 3.8) is 0 Å². The van der Waals surface area contributed by atoms with Crippen LogP contribution in [0.5, 0.6) is 28.7 Å². The Hall–Kier alpha value is -5.40. The zero-order chi connectivity index (χ0) is 41.7. The summed E-state index contributed by atoms with van der Waals surface area (Å²) < 4.78 is 135. The molecule has 1 aliphatic rings. The number of carbonyl (C=O) groups is 1. The number of aromatic nitrogens is 1. The number of carbonyl (C=O) groups excluding carboxylic acids is 1. The maximum Gasteiger partial charge on any atom is 0.419 e. The molecule has 0 aliphatic carbocycles. The number of hydrogen-bond acceptors (Lipinski definition) is 11. The van der Waals surface area contributed by atoms with Crippen LogP contribution in [0.3, 0.4) is 0 Å². The van der Waals surface area contributed by atoms with E-state index in [0.717, 1.165) is 34.6 Å². The molecule has 2 unspecified atom stereocenters. The van der Waals surface area contributed by atoms with Crippen molar-refractivity contribution in [1.29, 1.82) is 0 Å². The maximum atomic E-state index is 14.8. The fourth-order valence-corrected chi connectivity index (χ4v) is 7.88. The third kappa shape index (κ3) is 8.79. The first kappa shape index (κ1) is 42.7. The lowest BCUT2D eigenvalue weighted by Gasteiger charge is -2.32. The van der Waals surface area contributed by atoms with Gasteiger partial charge in [0.05, 0.1) is 47.8 Å². The Morgan fingerprint density at radius 1 is 0.877 bits per heavy atom. The third-order valence-corrected chi connectivity index (χ3v) is 11.1. The van der Waals surface area contributed by atoms with Gasteiger partial charge in [-0.15, -0.1) is 0 Å². The molecule has 13 nitrogen and oxygen atoms in total. The molecule has 19 heteroatoms. The predicted molar refractivity (Wildman–Crippen MR) is 197 cm³/mol. The summed E-state index contributed by atoms with van der Waals surface area (Å²) in [7, 11) is 2.22. The highest BCUT2D eigenvalue weighted by atomic mass is 32.2. The van der Waals surface area contributed by atoms with Crippen LogP contribution in [-0.4, -0.2) is 90.1 Å². The first-order valence-electron chi connectivity index (χ1n) is 17.2. The van der Waals surface area contributed by atoms with Crippen molar-refractivity contribution in [2.45, 2.75) is 49.3 Å². The van der Waals surface area contributed by atoms with Gasteiger partial charge in [0.25, 0.3) is 10.0 Å². The summed E-state index contributed by atoms with van der Waals surface area (Å²) in [5, 5.41) is 1.96. The van der Waals surface area contributed by atoms with Gasteiger partial charge < -0.3 is 38.6 Å². The molecule has 0 saturated carbocycles. The first-order chi connectivity index (χ1) is 27.1. The summed E-state index contributed by atoms with van der Waals surface area (Å²) in [5.41, 5.74) is -2.46. The molecule has 57 heavy (non-hydrogen) atoms. The third-order valence-electron chi connectivity index (χ3n) is 9.40. The van der Waals surface area contributed by atoms with Crippen LogP contribution in [0.15, 0.2) is 71.9 Å². The van der Waals surface area contributed by atoms with E-state index in [1.165, 1.54) is 41.4 Å². The van der Waals surface area contributed by atoms with Crippen LogP contribution in [0, 0.1) is 11.6 Å². The van der Waals surface area contributed by atoms with E-state index < -0.39 is 69.1 Å². The minimum Gasteiger partial charge on any atom is -0.497 e. The molecular weight excluding hydrogens is 783 g/mol. The number of pyridine rings is 1. The molecule has 1 saturated heterocycles. The van der Waals surface area contributed by atoms with Gasteiger partial charge in [-0.1, -0.05) is 12.1 Å². The number of alkyl halides is 3. The number of ether oxygens (including phenoxy) is 6. The Bertz CT molecular complexity index is 2140. The molecule has 1 fully saturated rings. The predicted octanol–water partition coefficient (Wildman–Crippen LogP) is 6.35. The molecule has 5 rings (SSSR count). The van der Waals surface area contributed by atoms with Crippen LogP contribution in [0.1, 0.15) is 24.5 Å². The second-order valence-electron chi connectivity index (χ2n) is 12.7. The van der Waals surface area contributed by atoms with E-state index in [4.69, 9.17) is 28.4 Å². The van der Waals surface area contributed by atoms with Crippen molar-refractivity contribution in [2.24, 2.45) is 0 Å². The highest BCUT2D eigenvalue weighted by Gasteiger charge is 2.63. The summed E-state index contributed by atoms with van der Waals surface area (Å²) >= 11 is 0. The summed E-state index contributed by atoms with van der Waals surface area (Å²) in [6.45, 7) is -0.497. The molecule has 1 N–H and O–H groups in total. The van der Waals surface area contributed by atoms with E-state index in [-0.39, 0.29) is 31.1 Å². The van der Waals surface area contributed by atoms with E-state index >= 15 is 0 Å². The van der Waals surface area contributed by atoms with Gasteiger partial charge >= 0.3 is 6.18 Å². The monoisotopic (exact) mass is 824 g/mol. The average Bonchev–Trinajstić information content (AvgIpc) is 3.60. The quantitative estimate of drug-likeness (QED) is 0.127. The van der Waals surface area contributed by atoms with Crippen molar-refractivity contribution in [3.05, 3.63) is 89.6 Å². The second-order valence-corrected chi connectivity index (χ2v) is 14.6. The van der Waals surface area contributed by atoms with Crippen LogP contribution in [0.25, 0.3) is 0 Å². The SMILES string of the molecule is CCOC1(C(F)(F)F)CC(C(=O)Nc2ccnc(S(=O)(=O)N(Cc3ccc(OC)cc3OC)Cc3ccc(OC)cc3OC)c2)N(c2ccc(F)c(F)c2OC)C1. The van der Waals surface area contributed by atoms with E-state index in [9.17, 15) is 35.2 Å². The van der Waals surface area contributed by atoms with Crippen LogP contribution >= 0.6 is 0 Å². The number of sulfonamides is 1. The lowest BCUT2D eigenvalue weighted by Crippen LogP contribution is -2.50. The summed E-state index contributed by atoms with van der Waals surface area (Å²) in [6.07, 6.45) is -4.84. The smallest absolute Gasteiger partial charge is 0.419 e. The van der Waals surface area contributed by atoms with Gasteiger partial charge in [-0.05, 0) is 37.3 Å². The second kappa shape index (κ2) is 17.4. The zero-order valence-electron chi connectivity index (χ0n) is 31.8. The normalized spacial score (nSPS) is 17.1. The number of hydrogen-bond donors (Lipinski definition) is 1. The minimum absolute atomic E-state index is 0.143. The molecule has 1 aromatic heterocycles. The molecule has 1 amide bonds. The largest absolute Gasteiger partial charge is 0.497 e. The van der Waals surface area contributed by atoms with E-state index in [0.29, 0.717) is 40.2 Å². The Balaban J connectivity index is 1.53. The summed E-state index contributed by atoms with van der Waals surface area (Å²) in [5.74, 6) is -2.97. The van der Waals surface area contributed by atoms with Gasteiger partial charge in [-0.2, -0.15) is 21.9 Å². The van der Waals surface area contributed by atoms with Crippen molar-refractivity contribution in [3.8, 4) is 28.7 Å². The fourth-order valence-electron chi connectivity index (χ4n) is 6.53. The van der Waals surface area contributed by atoms with Gasteiger partial charge in [-0.25, -0.2) is 17.8 Å². The van der Waals surface area contributed by atoms with E-state index in [1.54, 1.807) is 36.4 Å². The Labute approximate surface area is 326 Å². The molecule has 4 aromatic rings. The number of halogens is 5. The Kier molecular flexibility index (Phi) is 13.0. The van der Waals surface area contributed by atoms with E-state index in [2.05, 4.69) is 10.3 Å². The molecular formula is C38H41F5N4O9S. The van der Waals surface area contributed by atoms with Gasteiger partial charge in [0.2, 0.25) is 11.7 Å². The number of rotatable bonds is 16. The highest BCUT2D eigenvalue weighted by molar-refractivity contribution is 7.89. The molecule has 0 spiro atoms. The molecule has 2 heterocycles. The zero-order valence-corrected chi connectivity index (χ0v) is 32.6. The van der Waals surface area contributed by atoms with E-state index in [1.807, 2.05) is 0 Å². The molecule has 1 aliphatic heterocycles. The number of methoxy groups -OCH3 is 5. The topological polar surface area (TPSA) is 138 Å². The van der Waals surface area contributed by atoms with Crippen molar-refractivity contribution in [2.75, 3.05) is 58.9 Å². The number of nitrogens with one attached hydrogen (secondary N) is 1. The minimum atomic E-state index is -5.00. The fraction of sp³-hybridized carbons (Fsp3) is 0.368. The first-order valence-corrected chi connectivity index (χ1v) is 18.7. The van der Waals surface area contributed by atoms with Gasteiger partial charge in [-0.3, -0.25) is 4.79 Å². The van der Waals surface area contributed by atoms with Crippen molar-refractivity contribution >= 4 is 27.3 Å². The lowest BCUT2D eigenvalue weighted by atomic mass is 9.98. The number of nitrogens with zero attached hydrogens (tertiary/aromatic N) is 3. The maximum absolute atomic E-state index is 14.8. The number of benzene rings is 3.